The molecule has 1 atom stereocenters. The normalized spacial score (nSPS) is 22.5. The smallest absolute Gasteiger partial charge is 0.234 e. The molecule has 1 aromatic carbocycles. The highest BCUT2D eigenvalue weighted by atomic mass is 16.5. The maximum Gasteiger partial charge on any atom is 0.234 e. The fourth-order valence-electron chi connectivity index (χ4n) is 4.13. The summed E-state index contributed by atoms with van der Waals surface area (Å²) in [7, 11) is 0. The van der Waals surface area contributed by atoms with E-state index in [9.17, 15) is 4.79 Å². The quantitative estimate of drug-likeness (QED) is 0.879. The number of para-hydroxylation sites is 1. The van der Waals surface area contributed by atoms with Crippen LogP contribution in [-0.2, 0) is 9.53 Å². The maximum absolute atomic E-state index is 12.1. The fraction of sp³-hybridized carbons (Fsp3) is 0.550. The molecule has 134 valence electrons. The van der Waals surface area contributed by atoms with Gasteiger partial charge in [0.1, 0.15) is 0 Å². The molecule has 1 amide bonds. The number of carbonyl (C=O) groups excluding carboxylic acids is 1. The second kappa shape index (κ2) is 7.58. The molecule has 5 heteroatoms. The molecule has 2 saturated heterocycles. The van der Waals surface area contributed by atoms with Crippen LogP contribution in [0.1, 0.15) is 37.2 Å². The topological polar surface area (TPSA) is 57.4 Å². The molecule has 0 radical (unpaired) electrons. The van der Waals surface area contributed by atoms with E-state index >= 15 is 0 Å². The van der Waals surface area contributed by atoms with E-state index in [-0.39, 0.29) is 12.0 Å². The summed E-state index contributed by atoms with van der Waals surface area (Å²) in [6.07, 6.45) is 6.79. The Kier molecular flexibility index (Phi) is 5.04. The van der Waals surface area contributed by atoms with Gasteiger partial charge in [-0.1, -0.05) is 18.2 Å². The SMILES string of the molecule is O=C(CN1CCC(c2c[nH]c3ccccc23)CC1)NCC1CCCO1. The molecular weight excluding hydrogens is 314 g/mol. The number of aromatic amines is 1. The maximum atomic E-state index is 12.1. The van der Waals surface area contributed by atoms with Crippen LogP contribution in [-0.4, -0.2) is 54.7 Å². The zero-order valence-corrected chi connectivity index (χ0v) is 14.7. The molecule has 1 aromatic heterocycles. The molecular formula is C20H27N3O2. The number of ether oxygens (including phenoxy) is 1. The van der Waals surface area contributed by atoms with E-state index in [0.717, 1.165) is 45.4 Å². The molecule has 1 unspecified atom stereocenters. The number of aromatic nitrogens is 1. The van der Waals surface area contributed by atoms with Gasteiger partial charge in [-0.3, -0.25) is 9.69 Å². The lowest BCUT2D eigenvalue weighted by atomic mass is 9.89. The van der Waals surface area contributed by atoms with Gasteiger partial charge in [0.05, 0.1) is 12.6 Å². The summed E-state index contributed by atoms with van der Waals surface area (Å²) >= 11 is 0. The lowest BCUT2D eigenvalue weighted by molar-refractivity contribution is -0.123. The first-order chi connectivity index (χ1) is 12.3. The van der Waals surface area contributed by atoms with Crippen molar-refractivity contribution >= 4 is 16.8 Å². The Labute approximate surface area is 148 Å². The lowest BCUT2D eigenvalue weighted by Crippen LogP contribution is -2.42. The first-order valence-corrected chi connectivity index (χ1v) is 9.46. The number of carbonyl (C=O) groups is 1. The van der Waals surface area contributed by atoms with Gasteiger partial charge in [-0.15, -0.1) is 0 Å². The summed E-state index contributed by atoms with van der Waals surface area (Å²) in [5, 5.41) is 4.37. The number of benzene rings is 1. The van der Waals surface area contributed by atoms with Crippen LogP contribution < -0.4 is 5.32 Å². The predicted molar refractivity (Wildman–Crippen MR) is 98.7 cm³/mol. The van der Waals surface area contributed by atoms with Crippen molar-refractivity contribution in [2.45, 2.75) is 37.7 Å². The summed E-state index contributed by atoms with van der Waals surface area (Å²) in [4.78, 5) is 17.8. The minimum absolute atomic E-state index is 0.126. The number of hydrogen-bond acceptors (Lipinski definition) is 3. The standard InChI is InChI=1S/C20H27N3O2/c24-20(22-12-16-4-3-11-25-16)14-23-9-7-15(8-10-23)18-13-21-19-6-2-1-5-17(18)19/h1-2,5-6,13,15-16,21H,3-4,7-12,14H2,(H,22,24). The van der Waals surface area contributed by atoms with Gasteiger partial charge in [0, 0.05) is 30.3 Å². The number of fused-ring (bicyclic) bond motifs is 1. The van der Waals surface area contributed by atoms with Crippen molar-refractivity contribution in [2.75, 3.05) is 32.8 Å². The Morgan fingerprint density at radius 3 is 2.88 bits per heavy atom. The van der Waals surface area contributed by atoms with E-state index in [4.69, 9.17) is 4.74 Å². The Hall–Kier alpha value is -1.85. The predicted octanol–water partition coefficient (Wildman–Crippen LogP) is 2.64. The number of hydrogen-bond donors (Lipinski definition) is 2. The highest BCUT2D eigenvalue weighted by molar-refractivity contribution is 5.83. The van der Waals surface area contributed by atoms with Crippen LogP contribution in [0.4, 0.5) is 0 Å². The van der Waals surface area contributed by atoms with Gasteiger partial charge in [0.15, 0.2) is 0 Å². The minimum atomic E-state index is 0.126. The molecule has 2 aliphatic heterocycles. The van der Waals surface area contributed by atoms with Gasteiger partial charge in [0.2, 0.25) is 5.91 Å². The molecule has 25 heavy (non-hydrogen) atoms. The van der Waals surface area contributed by atoms with Crippen LogP contribution in [0.15, 0.2) is 30.5 Å². The third-order valence-electron chi connectivity index (χ3n) is 5.57. The Bertz CT molecular complexity index is 713. The number of rotatable bonds is 5. The summed E-state index contributed by atoms with van der Waals surface area (Å²) in [5.74, 6) is 0.711. The third-order valence-corrected chi connectivity index (χ3v) is 5.57. The van der Waals surface area contributed by atoms with Gasteiger partial charge in [-0.25, -0.2) is 0 Å². The van der Waals surface area contributed by atoms with E-state index in [1.165, 1.54) is 16.5 Å². The minimum Gasteiger partial charge on any atom is -0.376 e. The Morgan fingerprint density at radius 1 is 1.24 bits per heavy atom. The van der Waals surface area contributed by atoms with E-state index < -0.39 is 0 Å². The number of amides is 1. The number of likely N-dealkylation sites (tertiary alicyclic amines) is 1. The van der Waals surface area contributed by atoms with Crippen molar-refractivity contribution in [3.05, 3.63) is 36.0 Å². The summed E-state index contributed by atoms with van der Waals surface area (Å²) < 4.78 is 5.55. The number of H-pyrrole nitrogens is 1. The Morgan fingerprint density at radius 2 is 2.08 bits per heavy atom. The molecule has 2 fully saturated rings. The summed E-state index contributed by atoms with van der Waals surface area (Å²) in [6.45, 7) is 3.97. The monoisotopic (exact) mass is 341 g/mol. The van der Waals surface area contributed by atoms with Crippen molar-refractivity contribution in [2.24, 2.45) is 0 Å². The molecule has 3 heterocycles. The van der Waals surface area contributed by atoms with E-state index in [2.05, 4.69) is 45.7 Å². The molecule has 0 saturated carbocycles. The van der Waals surface area contributed by atoms with Crippen molar-refractivity contribution in [1.29, 1.82) is 0 Å². The fourth-order valence-corrected chi connectivity index (χ4v) is 4.13. The molecule has 2 N–H and O–H groups in total. The first-order valence-electron chi connectivity index (χ1n) is 9.46. The van der Waals surface area contributed by atoms with Crippen LogP contribution in [0, 0.1) is 0 Å². The molecule has 0 bridgehead atoms. The zero-order valence-electron chi connectivity index (χ0n) is 14.7. The second-order valence-electron chi connectivity index (χ2n) is 7.28. The van der Waals surface area contributed by atoms with Crippen LogP contribution >= 0.6 is 0 Å². The molecule has 4 rings (SSSR count). The van der Waals surface area contributed by atoms with E-state index in [1.54, 1.807) is 0 Å². The summed E-state index contributed by atoms with van der Waals surface area (Å²) in [5.41, 5.74) is 2.64. The highest BCUT2D eigenvalue weighted by Gasteiger charge is 2.24. The van der Waals surface area contributed by atoms with Crippen LogP contribution in [0.2, 0.25) is 0 Å². The van der Waals surface area contributed by atoms with Crippen molar-refractivity contribution in [3.63, 3.8) is 0 Å². The van der Waals surface area contributed by atoms with Gasteiger partial charge >= 0.3 is 0 Å². The van der Waals surface area contributed by atoms with Gasteiger partial charge < -0.3 is 15.0 Å². The van der Waals surface area contributed by atoms with Crippen molar-refractivity contribution in [3.8, 4) is 0 Å². The molecule has 2 aliphatic rings. The molecule has 0 aliphatic carbocycles. The number of nitrogens with zero attached hydrogens (tertiary/aromatic N) is 1. The lowest BCUT2D eigenvalue weighted by Gasteiger charge is -2.31. The number of nitrogens with one attached hydrogen (secondary N) is 2. The van der Waals surface area contributed by atoms with Crippen molar-refractivity contribution < 1.29 is 9.53 Å². The molecule has 2 aromatic rings. The van der Waals surface area contributed by atoms with Crippen LogP contribution in [0.3, 0.4) is 0 Å². The number of piperidine rings is 1. The third kappa shape index (κ3) is 3.88. The average molecular weight is 341 g/mol. The second-order valence-corrected chi connectivity index (χ2v) is 7.28. The van der Waals surface area contributed by atoms with Gasteiger partial charge in [-0.05, 0) is 56.3 Å². The van der Waals surface area contributed by atoms with Crippen LogP contribution in [0.25, 0.3) is 10.9 Å². The van der Waals surface area contributed by atoms with E-state index in [0.29, 0.717) is 19.0 Å². The van der Waals surface area contributed by atoms with Crippen molar-refractivity contribution in [1.82, 2.24) is 15.2 Å². The highest BCUT2D eigenvalue weighted by Crippen LogP contribution is 2.32. The largest absolute Gasteiger partial charge is 0.376 e. The molecule has 0 spiro atoms. The average Bonchev–Trinajstić information content (AvgIpc) is 3.30. The zero-order chi connectivity index (χ0) is 17.1. The van der Waals surface area contributed by atoms with Gasteiger partial charge in [0.25, 0.3) is 0 Å². The summed E-state index contributed by atoms with van der Waals surface area (Å²) in [6, 6.07) is 8.51. The molecule has 5 nitrogen and oxygen atoms in total. The first kappa shape index (κ1) is 16.6. The van der Waals surface area contributed by atoms with E-state index in [1.807, 2.05) is 0 Å². The van der Waals surface area contributed by atoms with Gasteiger partial charge in [-0.2, -0.15) is 0 Å². The Balaban J connectivity index is 1.26. The van der Waals surface area contributed by atoms with Crippen LogP contribution in [0.5, 0.6) is 0 Å².